The molecule has 6 heteroatoms. The number of halogens is 1. The second-order valence-corrected chi connectivity index (χ2v) is 8.23. The van der Waals surface area contributed by atoms with E-state index in [-0.39, 0.29) is 30.1 Å². The smallest absolute Gasteiger partial charge is 0.244 e. The van der Waals surface area contributed by atoms with Crippen molar-refractivity contribution in [3.05, 3.63) is 65.5 Å². The zero-order chi connectivity index (χ0) is 20.5. The SMILES string of the molecule is CC(C)(C)NC(=O)CN1C(=O)C(N)CC(c2ccc(F)cc2)c2ccccc21. The molecule has 2 aromatic rings. The van der Waals surface area contributed by atoms with Crippen LogP contribution in [0.25, 0.3) is 0 Å². The number of fused-ring (bicyclic) bond motifs is 1. The fraction of sp³-hybridized carbons (Fsp3) is 0.364. The van der Waals surface area contributed by atoms with Crippen LogP contribution in [0.1, 0.15) is 44.2 Å². The van der Waals surface area contributed by atoms with Crippen molar-refractivity contribution < 1.29 is 14.0 Å². The van der Waals surface area contributed by atoms with Crippen LogP contribution in [0.5, 0.6) is 0 Å². The molecule has 0 aliphatic carbocycles. The Balaban J connectivity index is 2.01. The van der Waals surface area contributed by atoms with E-state index >= 15 is 0 Å². The van der Waals surface area contributed by atoms with Crippen molar-refractivity contribution in [2.24, 2.45) is 5.73 Å². The van der Waals surface area contributed by atoms with Gasteiger partial charge in [-0.05, 0) is 56.5 Å². The second-order valence-electron chi connectivity index (χ2n) is 8.23. The molecule has 0 saturated carbocycles. The molecule has 2 unspecified atom stereocenters. The highest BCUT2D eigenvalue weighted by molar-refractivity contribution is 6.03. The van der Waals surface area contributed by atoms with Gasteiger partial charge in [0.1, 0.15) is 12.4 Å². The van der Waals surface area contributed by atoms with E-state index in [2.05, 4.69) is 5.32 Å². The summed E-state index contributed by atoms with van der Waals surface area (Å²) in [4.78, 5) is 27.0. The average molecular weight is 383 g/mol. The number of nitrogens with zero attached hydrogens (tertiary/aromatic N) is 1. The van der Waals surface area contributed by atoms with Crippen LogP contribution in [0.15, 0.2) is 48.5 Å². The molecule has 5 nitrogen and oxygen atoms in total. The Hall–Kier alpha value is -2.73. The van der Waals surface area contributed by atoms with Crippen LogP contribution in [-0.4, -0.2) is 29.9 Å². The Morgan fingerprint density at radius 3 is 2.46 bits per heavy atom. The van der Waals surface area contributed by atoms with Gasteiger partial charge in [0, 0.05) is 17.1 Å². The van der Waals surface area contributed by atoms with E-state index in [1.807, 2.05) is 45.0 Å². The van der Waals surface area contributed by atoms with Gasteiger partial charge in [-0.3, -0.25) is 9.59 Å². The van der Waals surface area contributed by atoms with Gasteiger partial charge >= 0.3 is 0 Å². The standard InChI is InChI=1S/C22H26FN3O2/c1-22(2,3)25-20(27)13-26-19-7-5-4-6-16(19)17(12-18(24)21(26)28)14-8-10-15(23)11-9-14/h4-11,17-18H,12-13,24H2,1-3H3,(H,25,27). The lowest BCUT2D eigenvalue weighted by molar-refractivity contribution is -0.125. The predicted molar refractivity (Wildman–Crippen MR) is 108 cm³/mol. The zero-order valence-electron chi connectivity index (χ0n) is 16.4. The van der Waals surface area contributed by atoms with Crippen molar-refractivity contribution in [2.45, 2.75) is 44.7 Å². The molecule has 1 aliphatic rings. The third-order valence-corrected chi connectivity index (χ3v) is 4.76. The molecule has 0 fully saturated rings. The molecule has 0 radical (unpaired) electrons. The molecule has 0 aromatic heterocycles. The van der Waals surface area contributed by atoms with Crippen LogP contribution in [0, 0.1) is 5.82 Å². The molecule has 3 N–H and O–H groups in total. The highest BCUT2D eigenvalue weighted by Crippen LogP contribution is 2.38. The van der Waals surface area contributed by atoms with Crippen molar-refractivity contribution in [3.63, 3.8) is 0 Å². The molecule has 1 aliphatic heterocycles. The summed E-state index contributed by atoms with van der Waals surface area (Å²) in [5.74, 6) is -1.01. The number of carbonyl (C=O) groups is 2. The number of nitrogens with two attached hydrogens (primary N) is 1. The van der Waals surface area contributed by atoms with Crippen molar-refractivity contribution in [3.8, 4) is 0 Å². The minimum absolute atomic E-state index is 0.100. The van der Waals surface area contributed by atoms with E-state index in [0.29, 0.717) is 12.1 Å². The molecule has 1 heterocycles. The normalized spacial score (nSPS) is 19.8. The summed E-state index contributed by atoms with van der Waals surface area (Å²) >= 11 is 0. The lowest BCUT2D eigenvalue weighted by Gasteiger charge is -2.27. The Morgan fingerprint density at radius 1 is 1.18 bits per heavy atom. The van der Waals surface area contributed by atoms with Crippen molar-refractivity contribution >= 4 is 17.5 Å². The monoisotopic (exact) mass is 383 g/mol. The predicted octanol–water partition coefficient (Wildman–Crippen LogP) is 2.94. The fourth-order valence-electron chi connectivity index (χ4n) is 3.60. The van der Waals surface area contributed by atoms with Gasteiger partial charge in [0.25, 0.3) is 0 Å². The topological polar surface area (TPSA) is 75.4 Å². The van der Waals surface area contributed by atoms with Gasteiger partial charge in [0.2, 0.25) is 11.8 Å². The third kappa shape index (κ3) is 4.39. The average Bonchev–Trinajstić information content (AvgIpc) is 2.72. The number of hydrogen-bond donors (Lipinski definition) is 2. The molecule has 0 saturated heterocycles. The van der Waals surface area contributed by atoms with Crippen LogP contribution in [0.4, 0.5) is 10.1 Å². The maximum Gasteiger partial charge on any atom is 0.244 e. The number of anilines is 1. The first-order valence-corrected chi connectivity index (χ1v) is 9.38. The Morgan fingerprint density at radius 2 is 1.82 bits per heavy atom. The maximum atomic E-state index is 13.4. The second kappa shape index (κ2) is 7.72. The molecule has 0 spiro atoms. The van der Waals surface area contributed by atoms with Crippen LogP contribution < -0.4 is 16.0 Å². The van der Waals surface area contributed by atoms with Gasteiger partial charge in [-0.1, -0.05) is 30.3 Å². The summed E-state index contributed by atoms with van der Waals surface area (Å²) in [5.41, 5.74) is 8.27. The number of rotatable bonds is 3. The molecule has 3 rings (SSSR count). The molecular weight excluding hydrogens is 357 g/mol. The van der Waals surface area contributed by atoms with E-state index in [1.165, 1.54) is 17.0 Å². The summed E-state index contributed by atoms with van der Waals surface area (Å²) in [6.45, 7) is 5.56. The largest absolute Gasteiger partial charge is 0.350 e. The molecule has 0 bridgehead atoms. The fourth-order valence-corrected chi connectivity index (χ4v) is 3.60. The third-order valence-electron chi connectivity index (χ3n) is 4.76. The molecular formula is C22H26FN3O2. The summed E-state index contributed by atoms with van der Waals surface area (Å²) in [6.07, 6.45) is 0.388. The quantitative estimate of drug-likeness (QED) is 0.856. The molecule has 2 atom stereocenters. The van der Waals surface area contributed by atoms with E-state index in [1.54, 1.807) is 12.1 Å². The number of carbonyl (C=O) groups excluding carboxylic acids is 2. The van der Waals surface area contributed by atoms with Crippen LogP contribution in [0.2, 0.25) is 0 Å². The minimum atomic E-state index is -0.759. The molecule has 148 valence electrons. The van der Waals surface area contributed by atoms with E-state index in [0.717, 1.165) is 11.1 Å². The summed E-state index contributed by atoms with van der Waals surface area (Å²) < 4.78 is 13.4. The first kappa shape index (κ1) is 20.0. The summed E-state index contributed by atoms with van der Waals surface area (Å²) in [6, 6.07) is 13.0. The Bertz CT molecular complexity index is 874. The first-order valence-electron chi connectivity index (χ1n) is 9.38. The minimum Gasteiger partial charge on any atom is -0.350 e. The lowest BCUT2D eigenvalue weighted by Crippen LogP contribution is -2.50. The van der Waals surface area contributed by atoms with Crippen LogP contribution in [0.3, 0.4) is 0 Å². The number of hydrogen-bond acceptors (Lipinski definition) is 3. The lowest BCUT2D eigenvalue weighted by atomic mass is 9.86. The molecule has 2 aromatic carbocycles. The van der Waals surface area contributed by atoms with E-state index in [9.17, 15) is 14.0 Å². The van der Waals surface area contributed by atoms with E-state index < -0.39 is 11.6 Å². The highest BCUT2D eigenvalue weighted by atomic mass is 19.1. The Kier molecular flexibility index (Phi) is 5.52. The van der Waals surface area contributed by atoms with Crippen molar-refractivity contribution in [1.29, 1.82) is 0 Å². The first-order chi connectivity index (χ1) is 13.2. The van der Waals surface area contributed by atoms with Gasteiger partial charge in [-0.25, -0.2) is 4.39 Å². The van der Waals surface area contributed by atoms with Gasteiger partial charge in [0.05, 0.1) is 6.04 Å². The number of nitrogens with one attached hydrogen (secondary N) is 1. The number of para-hydroxylation sites is 1. The van der Waals surface area contributed by atoms with E-state index in [4.69, 9.17) is 5.73 Å². The number of benzene rings is 2. The molecule has 28 heavy (non-hydrogen) atoms. The van der Waals surface area contributed by atoms with Gasteiger partial charge in [-0.2, -0.15) is 0 Å². The van der Waals surface area contributed by atoms with Crippen LogP contribution in [-0.2, 0) is 9.59 Å². The summed E-state index contributed by atoms with van der Waals surface area (Å²) in [7, 11) is 0. The Labute approximate surface area is 164 Å². The van der Waals surface area contributed by atoms with Crippen molar-refractivity contribution in [1.82, 2.24) is 5.32 Å². The zero-order valence-corrected chi connectivity index (χ0v) is 16.4. The highest BCUT2D eigenvalue weighted by Gasteiger charge is 2.35. The number of amides is 2. The van der Waals surface area contributed by atoms with Gasteiger partial charge in [0.15, 0.2) is 0 Å². The van der Waals surface area contributed by atoms with Crippen LogP contribution >= 0.6 is 0 Å². The van der Waals surface area contributed by atoms with Gasteiger partial charge < -0.3 is 16.0 Å². The maximum absolute atomic E-state index is 13.4. The summed E-state index contributed by atoms with van der Waals surface area (Å²) in [5, 5.41) is 2.89. The van der Waals surface area contributed by atoms with Gasteiger partial charge in [-0.15, -0.1) is 0 Å². The van der Waals surface area contributed by atoms with Crippen molar-refractivity contribution in [2.75, 3.05) is 11.4 Å². The molecule has 2 amide bonds.